The van der Waals surface area contributed by atoms with E-state index in [4.69, 9.17) is 14.2 Å². The van der Waals surface area contributed by atoms with Crippen LogP contribution in [0.5, 0.6) is 11.5 Å². The Hall–Kier alpha value is -0.0136. The van der Waals surface area contributed by atoms with Crippen LogP contribution in [0, 0.1) is 0 Å². The van der Waals surface area contributed by atoms with Crippen molar-refractivity contribution < 1.29 is 103 Å². The van der Waals surface area contributed by atoms with Gasteiger partial charge in [-0.25, -0.2) is 0 Å². The summed E-state index contributed by atoms with van der Waals surface area (Å²) in [5.74, 6) is 0.600. The Morgan fingerprint density at radius 3 is 2.33 bits per heavy atom. The van der Waals surface area contributed by atoms with Gasteiger partial charge in [-0.3, -0.25) is 4.28 Å². The van der Waals surface area contributed by atoms with Crippen LogP contribution >= 0.6 is 11.8 Å². The van der Waals surface area contributed by atoms with E-state index in [2.05, 4.69) is 9.44 Å². The van der Waals surface area contributed by atoms with Crippen molar-refractivity contribution in [3.8, 4) is 11.5 Å². The van der Waals surface area contributed by atoms with E-state index in [0.717, 1.165) is 0 Å². The van der Waals surface area contributed by atoms with Gasteiger partial charge in [-0.15, -0.1) is 0 Å². The van der Waals surface area contributed by atoms with Gasteiger partial charge in [0.05, 0.1) is 20.8 Å². The minimum atomic E-state index is -5.18. The summed E-state index contributed by atoms with van der Waals surface area (Å²) in [5, 5.41) is 42.3. The van der Waals surface area contributed by atoms with Gasteiger partial charge in [0, 0.05) is 5.56 Å². The summed E-state index contributed by atoms with van der Waals surface area (Å²) in [4.78, 5) is 0. The molecular formula is C15H20KNO11S2. The van der Waals surface area contributed by atoms with Crippen molar-refractivity contribution in [2.45, 2.75) is 29.9 Å². The average molecular weight is 494 g/mol. The Kier molecular flexibility index (Phi) is 11.5. The zero-order chi connectivity index (χ0) is 21.8. The zero-order valence-electron chi connectivity index (χ0n) is 16.2. The second kappa shape index (κ2) is 12.3. The molecule has 0 amide bonds. The quantitative estimate of drug-likeness (QED) is 0.0711. The van der Waals surface area contributed by atoms with Crippen molar-refractivity contribution >= 4 is 27.2 Å². The van der Waals surface area contributed by atoms with Gasteiger partial charge in [0.15, 0.2) is 11.5 Å². The van der Waals surface area contributed by atoms with E-state index in [1.165, 1.54) is 32.4 Å². The molecule has 1 aromatic rings. The first-order valence-electron chi connectivity index (χ1n) is 8.03. The van der Waals surface area contributed by atoms with Gasteiger partial charge in [0.2, 0.25) is 0 Å². The van der Waals surface area contributed by atoms with Crippen LogP contribution in [0.25, 0.3) is 0 Å². The molecule has 1 aromatic carbocycles. The minimum Gasteiger partial charge on any atom is -0.714 e. The number of hydrogen-bond donors (Lipinski definition) is 4. The number of nitrogens with zero attached hydrogens (tertiary/aromatic N) is 1. The maximum atomic E-state index is 10.8. The van der Waals surface area contributed by atoms with E-state index < -0.39 is 46.9 Å². The van der Waals surface area contributed by atoms with Crippen LogP contribution in [0.2, 0.25) is 0 Å². The molecule has 164 valence electrons. The fourth-order valence-electron chi connectivity index (χ4n) is 2.47. The molecule has 15 heteroatoms. The molecule has 1 fully saturated rings. The third kappa shape index (κ3) is 7.26. The normalized spacial score (nSPS) is 27.2. The fourth-order valence-corrected chi connectivity index (χ4v) is 3.74. The largest absolute Gasteiger partial charge is 1.00 e. The molecule has 0 saturated carbocycles. The summed E-state index contributed by atoms with van der Waals surface area (Å²) >= 11 is 0.596. The number of rotatable bonds is 7. The fraction of sp³-hybridized carbons (Fsp3) is 0.533. The molecule has 5 atom stereocenters. The van der Waals surface area contributed by atoms with Crippen molar-refractivity contribution in [3.05, 3.63) is 23.8 Å². The second-order valence-electron chi connectivity index (χ2n) is 5.76. The number of benzene rings is 1. The van der Waals surface area contributed by atoms with Crippen molar-refractivity contribution in [2.24, 2.45) is 5.16 Å². The van der Waals surface area contributed by atoms with Crippen LogP contribution in [-0.4, -0.2) is 89.1 Å². The van der Waals surface area contributed by atoms with Gasteiger partial charge in [0.25, 0.3) is 10.4 Å². The number of aliphatic hydroxyl groups excluding tert-OH is 4. The van der Waals surface area contributed by atoms with Crippen molar-refractivity contribution in [1.29, 1.82) is 0 Å². The maximum absolute atomic E-state index is 10.8. The third-order valence-electron chi connectivity index (χ3n) is 3.92. The molecule has 0 spiro atoms. The van der Waals surface area contributed by atoms with Crippen LogP contribution in [-0.2, 0) is 19.4 Å². The molecule has 1 saturated heterocycles. The molecule has 0 radical (unpaired) electrons. The molecule has 2 rings (SSSR count). The first kappa shape index (κ1) is 28.0. The van der Waals surface area contributed by atoms with Gasteiger partial charge < -0.3 is 39.2 Å². The molecule has 0 aliphatic carbocycles. The van der Waals surface area contributed by atoms with Gasteiger partial charge in [0.1, 0.15) is 34.9 Å². The van der Waals surface area contributed by atoms with Gasteiger partial charge in [-0.05, 0) is 18.2 Å². The van der Waals surface area contributed by atoms with Crippen LogP contribution in [0.1, 0.15) is 5.56 Å². The molecule has 30 heavy (non-hydrogen) atoms. The molecule has 0 bridgehead atoms. The van der Waals surface area contributed by atoms with Gasteiger partial charge in [-0.1, -0.05) is 16.9 Å². The minimum absolute atomic E-state index is 0. The SMILES string of the molecule is COc1ccc(/C(=N/OS(=O)(=O)[O-])S[C@@H]2O[C@H](CO)[C@@H](O)[C@H](O)[C@H]2O)cc1OC.[K+]. The second-order valence-corrected chi connectivity index (χ2v) is 7.82. The average Bonchev–Trinajstić information content (AvgIpc) is 2.69. The molecule has 1 heterocycles. The Morgan fingerprint density at radius 2 is 1.80 bits per heavy atom. The van der Waals surface area contributed by atoms with Crippen molar-refractivity contribution in [3.63, 3.8) is 0 Å². The summed E-state index contributed by atoms with van der Waals surface area (Å²) in [6.45, 7) is -0.656. The van der Waals surface area contributed by atoms with Crippen molar-refractivity contribution in [1.82, 2.24) is 0 Å². The third-order valence-corrected chi connectivity index (χ3v) is 5.33. The standard InChI is InChI=1S/C15H21NO11S2.K/c1-24-8-4-3-7(5-9(8)25-2)14(16-27-29(21,22)23)28-15-13(20)12(19)11(18)10(6-17)26-15;/h3-5,10-13,15,17-20H,6H2,1-2H3,(H,21,22,23);/q;+1/p-1/b16-14-;/t10-,11-,12+,13-,15+;/m1./s1. The molecule has 4 N–H and O–H groups in total. The maximum Gasteiger partial charge on any atom is 1.00 e. The Morgan fingerprint density at radius 1 is 1.17 bits per heavy atom. The van der Waals surface area contributed by atoms with Crippen LogP contribution in [0.3, 0.4) is 0 Å². The molecule has 1 aliphatic heterocycles. The Balaban J connectivity index is 0.00000450. The number of methoxy groups -OCH3 is 2. The molecule has 12 nitrogen and oxygen atoms in total. The summed E-state index contributed by atoms with van der Waals surface area (Å²) in [7, 11) is -2.42. The number of aliphatic hydroxyl groups is 4. The van der Waals surface area contributed by atoms with E-state index in [-0.39, 0.29) is 67.7 Å². The Bertz CT molecular complexity index is 836. The number of ether oxygens (including phenoxy) is 3. The van der Waals surface area contributed by atoms with Crippen LogP contribution < -0.4 is 60.9 Å². The van der Waals surface area contributed by atoms with E-state index >= 15 is 0 Å². The van der Waals surface area contributed by atoms with Gasteiger partial charge >= 0.3 is 51.4 Å². The predicted octanol–water partition coefficient (Wildman–Crippen LogP) is -4.62. The van der Waals surface area contributed by atoms with E-state index in [0.29, 0.717) is 17.5 Å². The van der Waals surface area contributed by atoms with E-state index in [9.17, 15) is 33.4 Å². The van der Waals surface area contributed by atoms with Gasteiger partial charge in [-0.2, -0.15) is 8.42 Å². The summed E-state index contributed by atoms with van der Waals surface area (Å²) in [6, 6.07) is 4.32. The first-order valence-corrected chi connectivity index (χ1v) is 10.2. The number of thioether (sulfide) groups is 1. The molecular weight excluding hydrogens is 473 g/mol. The number of hydrogen-bond acceptors (Lipinski definition) is 13. The Labute approximate surface area is 219 Å². The molecule has 0 unspecified atom stereocenters. The number of oxime groups is 1. The van der Waals surface area contributed by atoms with Crippen molar-refractivity contribution in [2.75, 3.05) is 20.8 Å². The predicted molar refractivity (Wildman–Crippen MR) is 98.2 cm³/mol. The zero-order valence-corrected chi connectivity index (χ0v) is 21.0. The molecule has 0 aromatic heterocycles. The molecule has 1 aliphatic rings. The summed E-state index contributed by atoms with van der Waals surface area (Å²) < 4.78 is 52.0. The van der Waals surface area contributed by atoms with E-state index in [1.54, 1.807) is 0 Å². The van der Waals surface area contributed by atoms with E-state index in [1.807, 2.05) is 0 Å². The first-order chi connectivity index (χ1) is 13.6. The monoisotopic (exact) mass is 493 g/mol. The summed E-state index contributed by atoms with van der Waals surface area (Å²) in [6.07, 6.45) is -6.06. The topological polar surface area (TPSA) is 187 Å². The summed E-state index contributed by atoms with van der Waals surface area (Å²) in [5.41, 5.74) is -1.09. The van der Waals surface area contributed by atoms with Crippen LogP contribution in [0.15, 0.2) is 23.4 Å². The smallest absolute Gasteiger partial charge is 0.714 e. The van der Waals surface area contributed by atoms with Crippen LogP contribution in [0.4, 0.5) is 0 Å².